The Labute approximate surface area is 276 Å². The molecule has 0 atom stereocenters. The molecule has 0 saturated carbocycles. The zero-order chi connectivity index (χ0) is 31.2. The van der Waals surface area contributed by atoms with Crippen molar-refractivity contribution in [3.05, 3.63) is 164 Å². The van der Waals surface area contributed by atoms with E-state index in [-0.39, 0.29) is 0 Å². The van der Waals surface area contributed by atoms with Crippen LogP contribution in [0.15, 0.2) is 164 Å². The summed E-state index contributed by atoms with van der Waals surface area (Å²) < 4.78 is 2.50. The quantitative estimate of drug-likeness (QED) is 0.193. The zero-order valence-corrected chi connectivity index (χ0v) is 26.2. The fourth-order valence-corrected chi connectivity index (χ4v) is 7.70. The van der Waals surface area contributed by atoms with Gasteiger partial charge in [0.05, 0.1) is 0 Å². The van der Waals surface area contributed by atoms with Gasteiger partial charge in [0, 0.05) is 36.9 Å². The lowest BCUT2D eigenvalue weighted by Gasteiger charge is -2.13. The number of thiophene rings is 1. The zero-order valence-electron chi connectivity index (χ0n) is 25.3. The number of hydrogen-bond acceptors (Lipinski definition) is 4. The van der Waals surface area contributed by atoms with E-state index in [4.69, 9.17) is 15.0 Å². The second-order valence-corrected chi connectivity index (χ2v) is 12.7. The van der Waals surface area contributed by atoms with Gasteiger partial charge in [-0.2, -0.15) is 0 Å². The number of nitrogens with zero attached hydrogens (tertiary/aromatic N) is 3. The van der Waals surface area contributed by atoms with Crippen LogP contribution in [0.1, 0.15) is 0 Å². The molecule has 0 saturated heterocycles. The summed E-state index contributed by atoms with van der Waals surface area (Å²) in [5.41, 5.74) is 7.42. The van der Waals surface area contributed by atoms with Crippen LogP contribution in [0.4, 0.5) is 0 Å². The lowest BCUT2D eigenvalue weighted by molar-refractivity contribution is 1.08. The Morgan fingerprint density at radius 3 is 1.60 bits per heavy atom. The molecule has 0 N–H and O–H groups in total. The molecule has 2 heterocycles. The minimum absolute atomic E-state index is 0.644. The van der Waals surface area contributed by atoms with Gasteiger partial charge in [0.15, 0.2) is 17.5 Å². The molecule has 4 heteroatoms. The van der Waals surface area contributed by atoms with E-state index in [2.05, 4.69) is 133 Å². The van der Waals surface area contributed by atoms with Crippen molar-refractivity contribution >= 4 is 42.3 Å². The lowest BCUT2D eigenvalue weighted by atomic mass is 9.96. The summed E-state index contributed by atoms with van der Waals surface area (Å²) in [7, 11) is 0. The maximum absolute atomic E-state index is 5.25. The summed E-state index contributed by atoms with van der Waals surface area (Å²) in [6.45, 7) is 0. The van der Waals surface area contributed by atoms with Crippen LogP contribution in [-0.2, 0) is 0 Å². The first-order chi connectivity index (χ1) is 23.3. The van der Waals surface area contributed by atoms with Crippen molar-refractivity contribution in [2.75, 3.05) is 0 Å². The van der Waals surface area contributed by atoms with E-state index in [9.17, 15) is 0 Å². The Morgan fingerprint density at radius 2 is 0.915 bits per heavy atom. The molecule has 9 aromatic rings. The standard InChI is InChI=1S/C43H27N3S/c1-4-13-28(14-5-1)32-25-33(29-15-6-2-7-16-29)27-34(26-32)42-44-41(31-18-8-3-9-19-31)45-43(46-42)37-21-12-22-38-39(37)36-24-23-30-17-10-11-20-35(30)40(36)47-38/h1-27H. The summed E-state index contributed by atoms with van der Waals surface area (Å²) in [5.74, 6) is 1.96. The maximum atomic E-state index is 5.25. The molecular formula is C43H27N3S. The van der Waals surface area contributed by atoms with Crippen molar-refractivity contribution in [3.8, 4) is 56.4 Å². The molecule has 0 radical (unpaired) electrons. The van der Waals surface area contributed by atoms with Gasteiger partial charge in [-0.25, -0.2) is 15.0 Å². The molecule has 2 aromatic heterocycles. The number of rotatable bonds is 5. The minimum Gasteiger partial charge on any atom is -0.208 e. The minimum atomic E-state index is 0.644. The highest BCUT2D eigenvalue weighted by Gasteiger charge is 2.18. The van der Waals surface area contributed by atoms with E-state index in [0.29, 0.717) is 17.5 Å². The van der Waals surface area contributed by atoms with Crippen molar-refractivity contribution in [2.24, 2.45) is 0 Å². The van der Waals surface area contributed by atoms with Crippen LogP contribution in [0.5, 0.6) is 0 Å². The molecule has 0 aliphatic heterocycles. The molecule has 220 valence electrons. The second-order valence-electron chi connectivity index (χ2n) is 11.6. The Balaban J connectivity index is 1.31. The fraction of sp³-hybridized carbons (Fsp3) is 0. The summed E-state index contributed by atoms with van der Waals surface area (Å²) in [5, 5.41) is 4.91. The number of benzene rings is 7. The van der Waals surface area contributed by atoms with Gasteiger partial charge in [0.1, 0.15) is 0 Å². The van der Waals surface area contributed by atoms with Crippen LogP contribution in [0.25, 0.3) is 87.4 Å². The Bertz CT molecular complexity index is 2500. The van der Waals surface area contributed by atoms with E-state index in [1.54, 1.807) is 0 Å². The smallest absolute Gasteiger partial charge is 0.164 e. The molecule has 0 aliphatic rings. The van der Waals surface area contributed by atoms with E-state index in [0.717, 1.165) is 38.9 Å². The molecule has 0 fully saturated rings. The average molecular weight is 618 g/mol. The predicted molar refractivity (Wildman–Crippen MR) is 197 cm³/mol. The van der Waals surface area contributed by atoms with E-state index < -0.39 is 0 Å². The van der Waals surface area contributed by atoms with Crippen molar-refractivity contribution in [1.82, 2.24) is 15.0 Å². The summed E-state index contributed by atoms with van der Waals surface area (Å²) in [4.78, 5) is 15.5. The summed E-state index contributed by atoms with van der Waals surface area (Å²) in [6, 6.07) is 57.4. The van der Waals surface area contributed by atoms with Gasteiger partial charge >= 0.3 is 0 Å². The Hall–Kier alpha value is -5.97. The maximum Gasteiger partial charge on any atom is 0.164 e. The van der Waals surface area contributed by atoms with Crippen LogP contribution in [-0.4, -0.2) is 15.0 Å². The summed E-state index contributed by atoms with van der Waals surface area (Å²) in [6.07, 6.45) is 0. The van der Waals surface area contributed by atoms with E-state index in [1.165, 1.54) is 30.9 Å². The number of aromatic nitrogens is 3. The highest BCUT2D eigenvalue weighted by molar-refractivity contribution is 7.26. The molecular weight excluding hydrogens is 591 g/mol. The number of fused-ring (bicyclic) bond motifs is 5. The van der Waals surface area contributed by atoms with Gasteiger partial charge < -0.3 is 0 Å². The molecule has 0 aliphatic carbocycles. The first kappa shape index (κ1) is 27.3. The normalized spacial score (nSPS) is 11.4. The second kappa shape index (κ2) is 11.4. The van der Waals surface area contributed by atoms with Crippen LogP contribution < -0.4 is 0 Å². The third-order valence-electron chi connectivity index (χ3n) is 8.70. The molecule has 0 bridgehead atoms. The molecule has 47 heavy (non-hydrogen) atoms. The molecule has 0 unspecified atom stereocenters. The van der Waals surface area contributed by atoms with Gasteiger partial charge in [-0.3, -0.25) is 0 Å². The molecule has 9 rings (SSSR count). The Morgan fingerprint density at radius 1 is 0.362 bits per heavy atom. The van der Waals surface area contributed by atoms with Gasteiger partial charge in [0.25, 0.3) is 0 Å². The number of hydrogen-bond donors (Lipinski definition) is 0. The van der Waals surface area contributed by atoms with Gasteiger partial charge in [0.2, 0.25) is 0 Å². The highest BCUT2D eigenvalue weighted by Crippen LogP contribution is 2.43. The fourth-order valence-electron chi connectivity index (χ4n) is 6.43. The van der Waals surface area contributed by atoms with Gasteiger partial charge in [-0.15, -0.1) is 11.3 Å². The van der Waals surface area contributed by atoms with Crippen LogP contribution >= 0.6 is 11.3 Å². The highest BCUT2D eigenvalue weighted by atomic mass is 32.1. The topological polar surface area (TPSA) is 38.7 Å². The van der Waals surface area contributed by atoms with Crippen LogP contribution in [0.2, 0.25) is 0 Å². The molecule has 7 aromatic carbocycles. The van der Waals surface area contributed by atoms with Crippen LogP contribution in [0, 0.1) is 0 Å². The predicted octanol–water partition coefficient (Wildman–Crippen LogP) is 11.7. The van der Waals surface area contributed by atoms with Crippen molar-refractivity contribution in [2.45, 2.75) is 0 Å². The molecule has 3 nitrogen and oxygen atoms in total. The molecule has 0 amide bonds. The first-order valence-corrected chi connectivity index (χ1v) is 16.5. The van der Waals surface area contributed by atoms with Crippen molar-refractivity contribution in [3.63, 3.8) is 0 Å². The van der Waals surface area contributed by atoms with Gasteiger partial charge in [-0.05, 0) is 57.3 Å². The van der Waals surface area contributed by atoms with E-state index >= 15 is 0 Å². The summed E-state index contributed by atoms with van der Waals surface area (Å²) >= 11 is 1.83. The monoisotopic (exact) mass is 617 g/mol. The largest absolute Gasteiger partial charge is 0.208 e. The van der Waals surface area contributed by atoms with Gasteiger partial charge in [-0.1, -0.05) is 140 Å². The van der Waals surface area contributed by atoms with Crippen molar-refractivity contribution < 1.29 is 0 Å². The first-order valence-electron chi connectivity index (χ1n) is 15.7. The average Bonchev–Trinajstić information content (AvgIpc) is 3.55. The third-order valence-corrected chi connectivity index (χ3v) is 9.91. The van der Waals surface area contributed by atoms with Crippen LogP contribution in [0.3, 0.4) is 0 Å². The lowest BCUT2D eigenvalue weighted by Crippen LogP contribution is -2.01. The van der Waals surface area contributed by atoms with E-state index in [1.807, 2.05) is 41.7 Å². The van der Waals surface area contributed by atoms with Crippen molar-refractivity contribution in [1.29, 1.82) is 0 Å². The third kappa shape index (κ3) is 4.96. The Kier molecular flexibility index (Phi) is 6.65. The SMILES string of the molecule is c1ccc(-c2cc(-c3ccccc3)cc(-c3nc(-c4ccccc4)nc(-c4cccc5sc6c7ccccc7ccc6c45)n3)c2)cc1. The molecule has 0 spiro atoms.